The van der Waals surface area contributed by atoms with E-state index in [0.717, 1.165) is 16.9 Å². The zero-order valence-electron chi connectivity index (χ0n) is 15.2. The van der Waals surface area contributed by atoms with Crippen LogP contribution in [0.2, 0.25) is 0 Å². The van der Waals surface area contributed by atoms with Crippen molar-refractivity contribution in [3.8, 4) is 0 Å². The van der Waals surface area contributed by atoms with Crippen molar-refractivity contribution in [1.29, 1.82) is 0 Å². The van der Waals surface area contributed by atoms with Crippen molar-refractivity contribution in [2.75, 3.05) is 16.8 Å². The van der Waals surface area contributed by atoms with Gasteiger partial charge in [-0.15, -0.1) is 0 Å². The van der Waals surface area contributed by atoms with Crippen LogP contribution >= 0.6 is 0 Å². The maximum Gasteiger partial charge on any atom is 0.277 e. The van der Waals surface area contributed by atoms with Gasteiger partial charge in [0.25, 0.3) is 5.91 Å². The van der Waals surface area contributed by atoms with Crippen molar-refractivity contribution in [1.82, 2.24) is 9.97 Å². The van der Waals surface area contributed by atoms with Crippen molar-refractivity contribution < 1.29 is 4.79 Å². The lowest BCUT2D eigenvalue weighted by molar-refractivity contribution is 0.0983. The van der Waals surface area contributed by atoms with Gasteiger partial charge in [-0.1, -0.05) is 36.4 Å². The Kier molecular flexibility index (Phi) is 5.27. The first-order valence-electron chi connectivity index (χ1n) is 8.63. The second kappa shape index (κ2) is 7.78. The van der Waals surface area contributed by atoms with Crippen LogP contribution in [0.3, 0.4) is 0 Å². The Morgan fingerprint density at radius 1 is 1.00 bits per heavy atom. The molecule has 5 nitrogen and oxygen atoms in total. The molecule has 0 atom stereocenters. The first kappa shape index (κ1) is 17.6. The Bertz CT molecular complexity index is 909. The highest BCUT2D eigenvalue weighted by Gasteiger charge is 2.19. The van der Waals surface area contributed by atoms with E-state index >= 15 is 0 Å². The lowest BCUT2D eigenvalue weighted by Crippen LogP contribution is -2.31. The highest BCUT2D eigenvalue weighted by molar-refractivity contribution is 6.05. The largest absolute Gasteiger partial charge is 0.340 e. The van der Waals surface area contributed by atoms with Crippen LogP contribution in [0.1, 0.15) is 28.8 Å². The summed E-state index contributed by atoms with van der Waals surface area (Å²) < 4.78 is 0. The molecule has 0 spiro atoms. The number of benzene rings is 2. The van der Waals surface area contributed by atoms with Crippen LogP contribution in [-0.4, -0.2) is 22.4 Å². The van der Waals surface area contributed by atoms with Crippen molar-refractivity contribution in [3.63, 3.8) is 0 Å². The zero-order valence-corrected chi connectivity index (χ0v) is 15.2. The molecule has 0 unspecified atom stereocenters. The molecular weight excluding hydrogens is 324 g/mol. The summed E-state index contributed by atoms with van der Waals surface area (Å²) in [5.74, 6) is 1.02. The van der Waals surface area contributed by atoms with E-state index in [9.17, 15) is 4.79 Å². The van der Waals surface area contributed by atoms with Crippen molar-refractivity contribution >= 4 is 23.1 Å². The first-order valence-corrected chi connectivity index (χ1v) is 8.63. The molecule has 3 rings (SSSR count). The molecule has 132 valence electrons. The number of nitrogens with one attached hydrogen (secondary N) is 1. The number of amides is 1. The maximum atomic E-state index is 13.0. The topological polar surface area (TPSA) is 58.1 Å². The maximum absolute atomic E-state index is 13.0. The van der Waals surface area contributed by atoms with Crippen LogP contribution in [0.25, 0.3) is 0 Å². The highest BCUT2D eigenvalue weighted by atomic mass is 16.2. The van der Waals surface area contributed by atoms with Gasteiger partial charge in [-0.25, -0.2) is 9.97 Å². The van der Waals surface area contributed by atoms with Crippen molar-refractivity contribution in [2.45, 2.75) is 20.8 Å². The molecule has 1 heterocycles. The standard InChI is InChI=1S/C21H22N4O/c1-4-25(17-11-6-5-7-12-17)21(26)19-14-20(23-16(3)22-19)24-18-13-9-8-10-15(18)2/h5-14H,4H2,1-3H3,(H,22,23,24). The summed E-state index contributed by atoms with van der Waals surface area (Å²) in [7, 11) is 0. The van der Waals surface area contributed by atoms with Crippen molar-refractivity contribution in [2.24, 2.45) is 0 Å². The average Bonchev–Trinajstić information content (AvgIpc) is 2.64. The Morgan fingerprint density at radius 3 is 2.38 bits per heavy atom. The molecule has 0 aliphatic rings. The van der Waals surface area contributed by atoms with Crippen LogP contribution in [0.4, 0.5) is 17.2 Å². The van der Waals surface area contributed by atoms with Gasteiger partial charge >= 0.3 is 0 Å². The number of carbonyl (C=O) groups is 1. The highest BCUT2D eigenvalue weighted by Crippen LogP contribution is 2.21. The number of nitrogens with zero attached hydrogens (tertiary/aromatic N) is 3. The van der Waals surface area contributed by atoms with Crippen LogP contribution in [0.5, 0.6) is 0 Å². The van der Waals surface area contributed by atoms with Crippen LogP contribution < -0.4 is 10.2 Å². The molecule has 1 amide bonds. The van der Waals surface area contributed by atoms with E-state index in [1.54, 1.807) is 17.9 Å². The molecule has 0 saturated carbocycles. The summed E-state index contributed by atoms with van der Waals surface area (Å²) >= 11 is 0. The number of rotatable bonds is 5. The van der Waals surface area contributed by atoms with E-state index in [1.807, 2.05) is 68.4 Å². The molecule has 3 aromatic rings. The Labute approximate surface area is 153 Å². The van der Waals surface area contributed by atoms with Gasteiger partial charge in [-0.3, -0.25) is 4.79 Å². The summed E-state index contributed by atoms with van der Waals surface area (Å²) in [6.45, 7) is 6.33. The number of hydrogen-bond donors (Lipinski definition) is 1. The fourth-order valence-electron chi connectivity index (χ4n) is 2.78. The second-order valence-electron chi connectivity index (χ2n) is 6.01. The third kappa shape index (κ3) is 3.88. The summed E-state index contributed by atoms with van der Waals surface area (Å²) in [5.41, 5.74) is 3.29. The molecule has 0 aliphatic carbocycles. The molecule has 5 heteroatoms. The van der Waals surface area contributed by atoms with E-state index in [4.69, 9.17) is 0 Å². The van der Waals surface area contributed by atoms with E-state index in [2.05, 4.69) is 15.3 Å². The monoisotopic (exact) mass is 346 g/mol. The lowest BCUT2D eigenvalue weighted by atomic mass is 10.2. The molecule has 0 radical (unpaired) electrons. The first-order chi connectivity index (χ1) is 12.6. The molecule has 0 aliphatic heterocycles. The number of anilines is 3. The molecule has 0 fully saturated rings. The minimum absolute atomic E-state index is 0.142. The van der Waals surface area contributed by atoms with E-state index in [-0.39, 0.29) is 5.91 Å². The van der Waals surface area contributed by atoms with Crippen LogP contribution in [0, 0.1) is 13.8 Å². The third-order valence-electron chi connectivity index (χ3n) is 4.09. The van der Waals surface area contributed by atoms with E-state index in [0.29, 0.717) is 23.9 Å². The quantitative estimate of drug-likeness (QED) is 0.739. The predicted molar refractivity (Wildman–Crippen MR) is 105 cm³/mol. The number of carbonyl (C=O) groups excluding carboxylic acids is 1. The Balaban J connectivity index is 1.91. The third-order valence-corrected chi connectivity index (χ3v) is 4.09. The fraction of sp³-hybridized carbons (Fsp3) is 0.190. The predicted octanol–water partition coefficient (Wildman–Crippen LogP) is 4.50. The summed E-state index contributed by atoms with van der Waals surface area (Å²) in [6.07, 6.45) is 0. The van der Waals surface area contributed by atoms with Crippen LogP contribution in [0.15, 0.2) is 60.7 Å². The van der Waals surface area contributed by atoms with E-state index in [1.165, 1.54) is 0 Å². The fourth-order valence-corrected chi connectivity index (χ4v) is 2.78. The number of hydrogen-bond acceptors (Lipinski definition) is 4. The molecule has 0 saturated heterocycles. The molecule has 0 bridgehead atoms. The van der Waals surface area contributed by atoms with Gasteiger partial charge in [0.15, 0.2) is 0 Å². The minimum Gasteiger partial charge on any atom is -0.340 e. The second-order valence-corrected chi connectivity index (χ2v) is 6.01. The molecular formula is C21H22N4O. The van der Waals surface area contributed by atoms with Gasteiger partial charge in [-0.05, 0) is 44.5 Å². The molecule has 26 heavy (non-hydrogen) atoms. The number of aromatic nitrogens is 2. The SMILES string of the molecule is CCN(C(=O)c1cc(Nc2ccccc2C)nc(C)n1)c1ccccc1. The number of para-hydroxylation sites is 2. The van der Waals surface area contributed by atoms with Crippen molar-refractivity contribution in [3.05, 3.63) is 77.7 Å². The van der Waals surface area contributed by atoms with Gasteiger partial charge < -0.3 is 10.2 Å². The summed E-state index contributed by atoms with van der Waals surface area (Å²) in [5, 5.41) is 3.28. The zero-order chi connectivity index (χ0) is 18.5. The van der Waals surface area contributed by atoms with Gasteiger partial charge in [0.05, 0.1) is 0 Å². The Hall–Kier alpha value is -3.21. The Morgan fingerprint density at radius 2 is 1.69 bits per heavy atom. The summed E-state index contributed by atoms with van der Waals surface area (Å²) in [4.78, 5) is 23.5. The normalized spacial score (nSPS) is 10.4. The molecule has 1 aromatic heterocycles. The average molecular weight is 346 g/mol. The van der Waals surface area contributed by atoms with Gasteiger partial charge in [0, 0.05) is 24.0 Å². The van der Waals surface area contributed by atoms with Gasteiger partial charge in [0.1, 0.15) is 17.3 Å². The lowest BCUT2D eigenvalue weighted by Gasteiger charge is -2.21. The summed E-state index contributed by atoms with van der Waals surface area (Å²) in [6, 6.07) is 19.3. The minimum atomic E-state index is -0.142. The van der Waals surface area contributed by atoms with Gasteiger partial charge in [-0.2, -0.15) is 0 Å². The smallest absolute Gasteiger partial charge is 0.277 e. The van der Waals surface area contributed by atoms with Gasteiger partial charge in [0.2, 0.25) is 0 Å². The molecule has 2 aromatic carbocycles. The van der Waals surface area contributed by atoms with E-state index < -0.39 is 0 Å². The van der Waals surface area contributed by atoms with Crippen LogP contribution in [-0.2, 0) is 0 Å². The number of aryl methyl sites for hydroxylation is 2. The molecule has 1 N–H and O–H groups in total.